The number of hydrogen-bond acceptors (Lipinski definition) is 9. The van der Waals surface area contributed by atoms with Crippen LogP contribution in [0.25, 0.3) is 0 Å². The first kappa shape index (κ1) is 20.2. The van der Waals surface area contributed by atoms with Gasteiger partial charge in [-0.15, -0.1) is 0 Å². The molecule has 1 fully saturated rings. The van der Waals surface area contributed by atoms with Gasteiger partial charge in [0.05, 0.1) is 44.5 Å². The summed E-state index contributed by atoms with van der Waals surface area (Å²) in [6, 6.07) is 3.91. The van der Waals surface area contributed by atoms with Crippen LogP contribution in [0.3, 0.4) is 0 Å². The fourth-order valence-corrected chi connectivity index (χ4v) is 3.84. The highest BCUT2D eigenvalue weighted by Crippen LogP contribution is 2.36. The first-order chi connectivity index (χ1) is 14.5. The predicted molar refractivity (Wildman–Crippen MR) is 113 cm³/mol. The van der Waals surface area contributed by atoms with Crippen LogP contribution >= 0.6 is 0 Å². The van der Waals surface area contributed by atoms with E-state index in [1.54, 1.807) is 32.8 Å². The Bertz CT molecular complexity index is 934. The van der Waals surface area contributed by atoms with Crippen molar-refractivity contribution < 1.29 is 13.9 Å². The highest BCUT2D eigenvalue weighted by atomic mass is 16.5. The largest absolute Gasteiger partial charge is 0.499 e. The summed E-state index contributed by atoms with van der Waals surface area (Å²) in [6.45, 7) is 4.23. The summed E-state index contributed by atoms with van der Waals surface area (Å²) >= 11 is 0. The molecule has 3 heterocycles. The third-order valence-electron chi connectivity index (χ3n) is 5.60. The maximum atomic E-state index is 6.72. The molecule has 9 heteroatoms. The summed E-state index contributed by atoms with van der Waals surface area (Å²) in [4.78, 5) is 13.9. The summed E-state index contributed by atoms with van der Waals surface area (Å²) in [5.74, 6) is 2.79. The van der Waals surface area contributed by atoms with Crippen LogP contribution in [-0.2, 0) is 16.8 Å². The fraction of sp³-hybridized carbons (Fsp3) is 0.429. The van der Waals surface area contributed by atoms with E-state index in [0.717, 1.165) is 38.5 Å². The maximum absolute atomic E-state index is 6.72. The highest BCUT2D eigenvalue weighted by molar-refractivity contribution is 5.45. The monoisotopic (exact) mass is 412 g/mol. The van der Waals surface area contributed by atoms with Crippen LogP contribution in [0.1, 0.15) is 17.9 Å². The number of methoxy groups -OCH3 is 2. The van der Waals surface area contributed by atoms with E-state index in [0.29, 0.717) is 35.3 Å². The second kappa shape index (κ2) is 8.37. The normalized spacial score (nSPS) is 22.4. The molecule has 2 aliphatic rings. The van der Waals surface area contributed by atoms with E-state index in [-0.39, 0.29) is 0 Å². The Kier molecular flexibility index (Phi) is 5.65. The molecule has 1 aliphatic heterocycles. The van der Waals surface area contributed by atoms with Crippen LogP contribution < -0.4 is 21.1 Å². The van der Waals surface area contributed by atoms with Gasteiger partial charge in [0.1, 0.15) is 17.2 Å². The molecule has 4 rings (SSSR count). The van der Waals surface area contributed by atoms with E-state index in [1.165, 1.54) is 0 Å². The average Bonchev–Trinajstić information content (AvgIpc) is 3.29. The zero-order chi connectivity index (χ0) is 21.1. The number of nitrogens with two attached hydrogens (primary N) is 2. The zero-order valence-electron chi connectivity index (χ0n) is 17.4. The van der Waals surface area contributed by atoms with Gasteiger partial charge in [-0.1, -0.05) is 6.08 Å². The van der Waals surface area contributed by atoms with E-state index >= 15 is 0 Å². The summed E-state index contributed by atoms with van der Waals surface area (Å²) in [6.07, 6.45) is 7.40. The Labute approximate surface area is 176 Å². The molecule has 1 atom stereocenters. The molecular formula is C21H28N6O3. The molecule has 1 unspecified atom stereocenters. The molecule has 160 valence electrons. The summed E-state index contributed by atoms with van der Waals surface area (Å²) in [5, 5.41) is 0. The molecule has 1 saturated heterocycles. The fourth-order valence-electron chi connectivity index (χ4n) is 3.84. The minimum atomic E-state index is -0.891. The lowest BCUT2D eigenvalue weighted by Gasteiger charge is -2.35. The molecule has 0 radical (unpaired) electrons. The number of rotatable bonds is 6. The Morgan fingerprint density at radius 3 is 2.67 bits per heavy atom. The maximum Gasteiger partial charge on any atom is 0.225 e. The molecule has 0 saturated carbocycles. The van der Waals surface area contributed by atoms with Gasteiger partial charge in [0.2, 0.25) is 5.95 Å². The molecule has 30 heavy (non-hydrogen) atoms. The van der Waals surface area contributed by atoms with Gasteiger partial charge in [0.25, 0.3) is 0 Å². The molecule has 2 aromatic rings. The quantitative estimate of drug-likeness (QED) is 0.725. The number of aromatic nitrogens is 2. The molecule has 9 nitrogen and oxygen atoms in total. The third-order valence-corrected chi connectivity index (χ3v) is 5.60. The Balaban J connectivity index is 1.52. The lowest BCUT2D eigenvalue weighted by atomic mass is 9.86. The van der Waals surface area contributed by atoms with Gasteiger partial charge in [-0.05, 0) is 18.2 Å². The van der Waals surface area contributed by atoms with Crippen molar-refractivity contribution >= 4 is 5.95 Å². The molecular weight excluding hydrogens is 384 g/mol. The number of anilines is 1. The summed E-state index contributed by atoms with van der Waals surface area (Å²) in [7, 11) is 3.18. The minimum Gasteiger partial charge on any atom is -0.499 e. The number of piperazine rings is 1. The van der Waals surface area contributed by atoms with Gasteiger partial charge in [0, 0.05) is 32.6 Å². The van der Waals surface area contributed by atoms with Crippen LogP contribution in [0.15, 0.2) is 52.6 Å². The van der Waals surface area contributed by atoms with Gasteiger partial charge >= 0.3 is 0 Å². The highest BCUT2D eigenvalue weighted by Gasteiger charge is 2.35. The van der Waals surface area contributed by atoms with Gasteiger partial charge in [0.15, 0.2) is 5.75 Å². The van der Waals surface area contributed by atoms with Gasteiger partial charge in [-0.25, -0.2) is 9.97 Å². The first-order valence-electron chi connectivity index (χ1n) is 9.94. The van der Waals surface area contributed by atoms with Crippen molar-refractivity contribution in [3.63, 3.8) is 0 Å². The summed E-state index contributed by atoms with van der Waals surface area (Å²) in [5.41, 5.74) is 13.0. The number of furan rings is 1. The predicted octanol–water partition coefficient (Wildman–Crippen LogP) is 1.33. The molecule has 0 aromatic carbocycles. The topological polar surface area (TPSA) is 116 Å². The standard InChI is InChI=1S/C21H28N6O3/c1-28-17-12-21(23,6-5-16(17)22)19-18(29-2)13-24-20(25-19)27-9-7-26(8-10-27)14-15-4-3-11-30-15/h3-6,11,13H,7-10,12,14,22-23H2,1-2H3. The van der Waals surface area contributed by atoms with Crippen LogP contribution in [0, 0.1) is 0 Å². The van der Waals surface area contributed by atoms with E-state index in [2.05, 4.69) is 14.8 Å². The third kappa shape index (κ3) is 3.99. The lowest BCUT2D eigenvalue weighted by Crippen LogP contribution is -2.47. The lowest BCUT2D eigenvalue weighted by molar-refractivity contribution is 0.229. The smallest absolute Gasteiger partial charge is 0.225 e. The van der Waals surface area contributed by atoms with Gasteiger partial charge in [-0.3, -0.25) is 4.90 Å². The molecule has 1 aliphatic carbocycles. The van der Waals surface area contributed by atoms with Crippen molar-refractivity contribution in [3.8, 4) is 5.75 Å². The van der Waals surface area contributed by atoms with Crippen molar-refractivity contribution in [2.24, 2.45) is 11.5 Å². The van der Waals surface area contributed by atoms with Crippen molar-refractivity contribution in [1.82, 2.24) is 14.9 Å². The zero-order valence-corrected chi connectivity index (χ0v) is 17.4. The van der Waals surface area contributed by atoms with Gasteiger partial charge < -0.3 is 30.3 Å². The summed E-state index contributed by atoms with van der Waals surface area (Å²) < 4.78 is 16.4. The second-order valence-electron chi connectivity index (χ2n) is 7.56. The number of allylic oxidation sites excluding steroid dienone is 1. The second-order valence-corrected chi connectivity index (χ2v) is 7.56. The van der Waals surface area contributed by atoms with Crippen molar-refractivity contribution in [3.05, 3.63) is 59.7 Å². The number of nitrogens with zero attached hydrogens (tertiary/aromatic N) is 4. The van der Waals surface area contributed by atoms with Gasteiger partial charge in [-0.2, -0.15) is 0 Å². The molecule has 4 N–H and O–H groups in total. The van der Waals surface area contributed by atoms with E-state index in [1.807, 2.05) is 18.2 Å². The van der Waals surface area contributed by atoms with Crippen LogP contribution in [0.2, 0.25) is 0 Å². The number of ether oxygens (including phenoxy) is 2. The van der Waals surface area contributed by atoms with Crippen molar-refractivity contribution in [1.29, 1.82) is 0 Å². The average molecular weight is 412 g/mol. The van der Waals surface area contributed by atoms with E-state index < -0.39 is 5.54 Å². The van der Waals surface area contributed by atoms with Crippen molar-refractivity contribution in [2.75, 3.05) is 45.3 Å². The van der Waals surface area contributed by atoms with Crippen LogP contribution in [0.5, 0.6) is 5.75 Å². The van der Waals surface area contributed by atoms with E-state index in [9.17, 15) is 0 Å². The Morgan fingerprint density at radius 2 is 2.00 bits per heavy atom. The Morgan fingerprint density at radius 1 is 1.20 bits per heavy atom. The molecule has 0 bridgehead atoms. The molecule has 2 aromatic heterocycles. The molecule has 0 spiro atoms. The van der Waals surface area contributed by atoms with Crippen molar-refractivity contribution in [2.45, 2.75) is 18.5 Å². The SMILES string of the molecule is COC1=C(N)C=CC(N)(c2nc(N3CCN(Cc4ccco4)CC3)ncc2OC)C1. The van der Waals surface area contributed by atoms with Crippen LogP contribution in [-0.4, -0.2) is 55.3 Å². The number of hydrogen-bond donors (Lipinski definition) is 2. The Hall–Kier alpha value is -3.04. The molecule has 0 amide bonds. The van der Waals surface area contributed by atoms with E-state index in [4.69, 9.17) is 30.3 Å². The van der Waals surface area contributed by atoms with Crippen LogP contribution in [0.4, 0.5) is 5.95 Å². The first-order valence-corrected chi connectivity index (χ1v) is 9.94. The minimum absolute atomic E-state index is 0.398.